The van der Waals surface area contributed by atoms with Crippen LogP contribution >= 0.6 is 15.9 Å². The zero-order chi connectivity index (χ0) is 13.3. The lowest BCUT2D eigenvalue weighted by Crippen LogP contribution is -2.39. The van der Waals surface area contributed by atoms with E-state index in [4.69, 9.17) is 4.74 Å². The molecular weight excluding hydrogens is 301 g/mol. The smallest absolute Gasteiger partial charge is 0.365 e. The fraction of sp³-hybridized carbons (Fsp3) is 0.636. The van der Waals surface area contributed by atoms with Crippen LogP contribution in [0.25, 0.3) is 0 Å². The molecule has 0 heterocycles. The molecule has 2 atom stereocenters. The zero-order valence-corrected chi connectivity index (χ0v) is 11.3. The van der Waals surface area contributed by atoms with Gasteiger partial charge in [-0.2, -0.15) is 0 Å². The molecule has 1 rings (SSSR count). The highest BCUT2D eigenvalue weighted by Gasteiger charge is 2.37. The standard InChI is InChI=1S/C11H14BrF3O2/c1-10(2,3)16-9-6-7(12)4-5-8(9)17-11(13,14)15/h4-6,8-9H,1-3H3. The number of hydrogen-bond acceptors (Lipinski definition) is 2. The quantitative estimate of drug-likeness (QED) is 0.769. The molecule has 0 amide bonds. The van der Waals surface area contributed by atoms with Gasteiger partial charge in [-0.25, -0.2) is 0 Å². The average molecular weight is 315 g/mol. The van der Waals surface area contributed by atoms with E-state index >= 15 is 0 Å². The molecule has 17 heavy (non-hydrogen) atoms. The number of hydrogen-bond donors (Lipinski definition) is 0. The monoisotopic (exact) mass is 314 g/mol. The van der Waals surface area contributed by atoms with E-state index in [1.54, 1.807) is 26.8 Å². The Morgan fingerprint density at radius 1 is 1.12 bits per heavy atom. The molecule has 0 aromatic rings. The van der Waals surface area contributed by atoms with Gasteiger partial charge in [-0.05, 0) is 32.9 Å². The van der Waals surface area contributed by atoms with Crippen LogP contribution in [-0.4, -0.2) is 24.2 Å². The molecular formula is C11H14BrF3O2. The number of allylic oxidation sites excluding steroid dienone is 2. The summed E-state index contributed by atoms with van der Waals surface area (Å²) >= 11 is 3.20. The van der Waals surface area contributed by atoms with Gasteiger partial charge in [0, 0.05) is 4.48 Å². The highest BCUT2D eigenvalue weighted by molar-refractivity contribution is 9.11. The van der Waals surface area contributed by atoms with Crippen LogP contribution in [0.5, 0.6) is 0 Å². The predicted molar refractivity (Wildman–Crippen MR) is 61.7 cm³/mol. The second-order valence-corrected chi connectivity index (χ2v) is 5.55. The summed E-state index contributed by atoms with van der Waals surface area (Å²) in [6.07, 6.45) is -2.20. The first kappa shape index (κ1) is 14.7. The van der Waals surface area contributed by atoms with Gasteiger partial charge in [0.25, 0.3) is 0 Å². The van der Waals surface area contributed by atoms with Gasteiger partial charge in [-0.1, -0.05) is 22.0 Å². The predicted octanol–water partition coefficient (Wildman–Crippen LogP) is 3.92. The van der Waals surface area contributed by atoms with E-state index in [1.807, 2.05) is 0 Å². The maximum Gasteiger partial charge on any atom is 0.523 e. The number of rotatable bonds is 2. The largest absolute Gasteiger partial charge is 0.523 e. The summed E-state index contributed by atoms with van der Waals surface area (Å²) < 4.78 is 46.8. The second-order valence-electron chi connectivity index (χ2n) is 4.63. The van der Waals surface area contributed by atoms with Crippen LogP contribution in [0.3, 0.4) is 0 Å². The summed E-state index contributed by atoms with van der Waals surface area (Å²) in [5.74, 6) is 0. The van der Waals surface area contributed by atoms with E-state index in [2.05, 4.69) is 20.7 Å². The summed E-state index contributed by atoms with van der Waals surface area (Å²) in [7, 11) is 0. The Bertz CT molecular complexity index is 329. The van der Waals surface area contributed by atoms with E-state index in [-0.39, 0.29) is 0 Å². The van der Waals surface area contributed by atoms with Crippen molar-refractivity contribution in [2.45, 2.75) is 44.9 Å². The van der Waals surface area contributed by atoms with Crippen molar-refractivity contribution < 1.29 is 22.6 Å². The number of halogens is 4. The molecule has 0 fully saturated rings. The van der Waals surface area contributed by atoms with Crippen molar-refractivity contribution in [1.82, 2.24) is 0 Å². The van der Waals surface area contributed by atoms with Crippen molar-refractivity contribution in [1.29, 1.82) is 0 Å². The summed E-state index contributed by atoms with van der Waals surface area (Å²) in [6, 6.07) is 0. The Morgan fingerprint density at radius 2 is 1.71 bits per heavy atom. The van der Waals surface area contributed by atoms with Gasteiger partial charge < -0.3 is 4.74 Å². The molecule has 0 aromatic carbocycles. The number of ether oxygens (including phenoxy) is 2. The van der Waals surface area contributed by atoms with Crippen LogP contribution in [0.4, 0.5) is 13.2 Å². The van der Waals surface area contributed by atoms with Crippen LogP contribution < -0.4 is 0 Å². The third-order valence-corrected chi connectivity index (χ3v) is 2.38. The van der Waals surface area contributed by atoms with Crippen molar-refractivity contribution in [3.8, 4) is 0 Å². The fourth-order valence-corrected chi connectivity index (χ4v) is 1.79. The average Bonchev–Trinajstić information content (AvgIpc) is 2.05. The van der Waals surface area contributed by atoms with Gasteiger partial charge in [-0.15, -0.1) is 13.2 Å². The Labute approximate surface area is 107 Å². The molecule has 1 aliphatic carbocycles. The Morgan fingerprint density at radius 3 is 2.18 bits per heavy atom. The highest BCUT2D eigenvalue weighted by atomic mass is 79.9. The molecule has 0 bridgehead atoms. The zero-order valence-electron chi connectivity index (χ0n) is 9.72. The first-order valence-corrected chi connectivity index (χ1v) is 5.84. The maximum atomic E-state index is 12.2. The van der Waals surface area contributed by atoms with Crippen LogP contribution in [0, 0.1) is 0 Å². The van der Waals surface area contributed by atoms with Crippen LogP contribution in [-0.2, 0) is 9.47 Å². The maximum absolute atomic E-state index is 12.2. The second kappa shape index (κ2) is 5.12. The molecule has 0 saturated carbocycles. The summed E-state index contributed by atoms with van der Waals surface area (Å²) in [5.41, 5.74) is -0.549. The third kappa shape index (κ3) is 5.70. The molecule has 0 aliphatic heterocycles. The molecule has 6 heteroatoms. The van der Waals surface area contributed by atoms with Crippen molar-refractivity contribution in [2.24, 2.45) is 0 Å². The van der Waals surface area contributed by atoms with Gasteiger partial charge >= 0.3 is 6.36 Å². The molecule has 1 aliphatic rings. The summed E-state index contributed by atoms with van der Waals surface area (Å²) in [4.78, 5) is 0. The molecule has 2 nitrogen and oxygen atoms in total. The lowest BCUT2D eigenvalue weighted by Gasteiger charge is -2.32. The lowest BCUT2D eigenvalue weighted by atomic mass is 10.1. The minimum absolute atomic E-state index is 0.549. The normalized spacial score (nSPS) is 25.9. The van der Waals surface area contributed by atoms with Gasteiger partial charge in [0.2, 0.25) is 0 Å². The lowest BCUT2D eigenvalue weighted by molar-refractivity contribution is -0.345. The highest BCUT2D eigenvalue weighted by Crippen LogP contribution is 2.29. The summed E-state index contributed by atoms with van der Waals surface area (Å²) in [5, 5.41) is 0. The molecule has 0 aromatic heterocycles. The van der Waals surface area contributed by atoms with Crippen LogP contribution in [0.15, 0.2) is 22.7 Å². The molecule has 2 unspecified atom stereocenters. The van der Waals surface area contributed by atoms with Gasteiger partial charge in [0.05, 0.1) is 5.60 Å². The van der Waals surface area contributed by atoms with Gasteiger partial charge in [-0.3, -0.25) is 4.74 Å². The van der Waals surface area contributed by atoms with Crippen LogP contribution in [0.2, 0.25) is 0 Å². The first-order chi connectivity index (χ1) is 7.57. The van der Waals surface area contributed by atoms with Crippen LogP contribution in [0.1, 0.15) is 20.8 Å². The molecule has 0 spiro atoms. The molecule has 0 saturated heterocycles. The fourth-order valence-electron chi connectivity index (χ4n) is 1.37. The van der Waals surface area contributed by atoms with E-state index in [0.717, 1.165) is 0 Å². The van der Waals surface area contributed by atoms with E-state index < -0.39 is 24.2 Å². The molecule has 0 N–H and O–H groups in total. The van der Waals surface area contributed by atoms with E-state index in [9.17, 15) is 13.2 Å². The van der Waals surface area contributed by atoms with Gasteiger partial charge in [0.1, 0.15) is 12.2 Å². The minimum atomic E-state index is -4.67. The van der Waals surface area contributed by atoms with Crippen molar-refractivity contribution in [3.63, 3.8) is 0 Å². The van der Waals surface area contributed by atoms with E-state index in [1.165, 1.54) is 12.2 Å². The van der Waals surface area contributed by atoms with E-state index in [0.29, 0.717) is 4.48 Å². The summed E-state index contributed by atoms with van der Waals surface area (Å²) in [6.45, 7) is 5.33. The Kier molecular flexibility index (Phi) is 4.43. The minimum Gasteiger partial charge on any atom is -0.365 e. The molecule has 0 radical (unpaired) electrons. The Hall–Kier alpha value is -0.330. The van der Waals surface area contributed by atoms with Crippen molar-refractivity contribution in [3.05, 3.63) is 22.7 Å². The third-order valence-electron chi connectivity index (χ3n) is 1.85. The van der Waals surface area contributed by atoms with Crippen molar-refractivity contribution >= 4 is 15.9 Å². The molecule has 98 valence electrons. The van der Waals surface area contributed by atoms with Crippen molar-refractivity contribution in [2.75, 3.05) is 0 Å². The topological polar surface area (TPSA) is 18.5 Å². The van der Waals surface area contributed by atoms with Gasteiger partial charge in [0.15, 0.2) is 0 Å². The SMILES string of the molecule is CC(C)(C)OC1C=C(Br)C=CC1OC(F)(F)F. The number of alkyl halides is 3. The first-order valence-electron chi connectivity index (χ1n) is 5.05. The Balaban J connectivity index is 2.78.